The van der Waals surface area contributed by atoms with Crippen LogP contribution >= 0.6 is 0 Å². The monoisotopic (exact) mass is 214 g/mol. The van der Waals surface area contributed by atoms with Crippen LogP contribution in [0.2, 0.25) is 0 Å². The van der Waals surface area contributed by atoms with E-state index < -0.39 is 0 Å². The molecule has 0 bridgehead atoms. The van der Waals surface area contributed by atoms with Crippen LogP contribution in [0.15, 0.2) is 0 Å². The molecule has 1 heterocycles. The van der Waals surface area contributed by atoms with Gasteiger partial charge in [0.05, 0.1) is 19.1 Å². The van der Waals surface area contributed by atoms with Crippen molar-refractivity contribution < 1.29 is 14.3 Å². The second-order valence-electron chi connectivity index (χ2n) is 3.49. The number of carbonyl (C=O) groups is 2. The highest BCUT2D eigenvalue weighted by Crippen LogP contribution is 2.02. The van der Waals surface area contributed by atoms with Crippen molar-refractivity contribution in [2.24, 2.45) is 0 Å². The number of amides is 1. The summed E-state index contributed by atoms with van der Waals surface area (Å²) in [5.74, 6) is -0.189. The molecule has 0 aromatic heterocycles. The summed E-state index contributed by atoms with van der Waals surface area (Å²) in [5.41, 5.74) is 0. The average Bonchev–Trinajstić information content (AvgIpc) is 2.21. The lowest BCUT2D eigenvalue weighted by atomic mass is 10.1. The largest absolute Gasteiger partial charge is 0.466 e. The summed E-state index contributed by atoms with van der Waals surface area (Å²) in [5, 5.41) is 5.83. The molecule has 1 aliphatic rings. The van der Waals surface area contributed by atoms with Gasteiger partial charge >= 0.3 is 5.97 Å². The lowest BCUT2D eigenvalue weighted by Gasteiger charge is -2.22. The van der Waals surface area contributed by atoms with Gasteiger partial charge in [0.2, 0.25) is 5.91 Å². The van der Waals surface area contributed by atoms with E-state index >= 15 is 0 Å². The number of rotatable bonds is 5. The molecular weight excluding hydrogens is 196 g/mol. The SMILES string of the molecule is CCOC(=O)CCNC1CCCNC1=O. The molecule has 0 spiro atoms. The molecule has 0 aliphatic carbocycles. The lowest BCUT2D eigenvalue weighted by Crippen LogP contribution is -2.48. The molecule has 1 atom stereocenters. The highest BCUT2D eigenvalue weighted by molar-refractivity contribution is 5.82. The van der Waals surface area contributed by atoms with E-state index in [4.69, 9.17) is 4.74 Å². The van der Waals surface area contributed by atoms with E-state index in [9.17, 15) is 9.59 Å². The first kappa shape index (κ1) is 12.0. The molecule has 1 aliphatic heterocycles. The minimum atomic E-state index is -0.221. The van der Waals surface area contributed by atoms with E-state index in [-0.39, 0.29) is 17.9 Å². The van der Waals surface area contributed by atoms with Crippen molar-refractivity contribution in [1.82, 2.24) is 10.6 Å². The fourth-order valence-electron chi connectivity index (χ4n) is 1.55. The van der Waals surface area contributed by atoms with Crippen molar-refractivity contribution in [3.8, 4) is 0 Å². The molecule has 0 radical (unpaired) electrons. The number of hydrogen-bond donors (Lipinski definition) is 2. The molecule has 15 heavy (non-hydrogen) atoms. The summed E-state index contributed by atoms with van der Waals surface area (Å²) in [4.78, 5) is 22.3. The Labute approximate surface area is 89.6 Å². The van der Waals surface area contributed by atoms with Crippen molar-refractivity contribution >= 4 is 11.9 Å². The predicted molar refractivity (Wildman–Crippen MR) is 55.3 cm³/mol. The van der Waals surface area contributed by atoms with Gasteiger partial charge in [0.25, 0.3) is 0 Å². The second-order valence-corrected chi connectivity index (χ2v) is 3.49. The van der Waals surface area contributed by atoms with Gasteiger partial charge < -0.3 is 15.4 Å². The smallest absolute Gasteiger partial charge is 0.307 e. The zero-order chi connectivity index (χ0) is 11.1. The van der Waals surface area contributed by atoms with E-state index in [1.807, 2.05) is 0 Å². The molecule has 1 saturated heterocycles. The van der Waals surface area contributed by atoms with Crippen molar-refractivity contribution in [3.63, 3.8) is 0 Å². The Morgan fingerprint density at radius 2 is 2.47 bits per heavy atom. The number of carbonyl (C=O) groups excluding carboxylic acids is 2. The number of ether oxygens (including phenoxy) is 1. The van der Waals surface area contributed by atoms with Crippen LogP contribution in [0.25, 0.3) is 0 Å². The molecular formula is C10H18N2O3. The number of piperidine rings is 1. The summed E-state index contributed by atoms with van der Waals surface area (Å²) in [6.45, 7) is 3.44. The van der Waals surface area contributed by atoms with Gasteiger partial charge in [-0.2, -0.15) is 0 Å². The first-order valence-corrected chi connectivity index (χ1v) is 5.40. The molecule has 1 unspecified atom stereocenters. The number of esters is 1. The first-order chi connectivity index (χ1) is 7.24. The van der Waals surface area contributed by atoms with E-state index in [0.717, 1.165) is 19.4 Å². The Balaban J connectivity index is 2.13. The van der Waals surface area contributed by atoms with Crippen LogP contribution in [0.5, 0.6) is 0 Å². The van der Waals surface area contributed by atoms with E-state index in [1.54, 1.807) is 6.92 Å². The third-order valence-electron chi connectivity index (χ3n) is 2.31. The molecule has 0 aromatic carbocycles. The normalized spacial score (nSPS) is 20.9. The lowest BCUT2D eigenvalue weighted by molar-refractivity contribution is -0.143. The molecule has 5 nitrogen and oxygen atoms in total. The summed E-state index contributed by atoms with van der Waals surface area (Å²) >= 11 is 0. The Kier molecular flexibility index (Phi) is 5.10. The summed E-state index contributed by atoms with van der Waals surface area (Å²) in [6.07, 6.45) is 2.15. The quantitative estimate of drug-likeness (QED) is 0.622. The average molecular weight is 214 g/mol. The third-order valence-corrected chi connectivity index (χ3v) is 2.31. The second kappa shape index (κ2) is 6.40. The van der Waals surface area contributed by atoms with Crippen LogP contribution in [0.4, 0.5) is 0 Å². The molecule has 0 saturated carbocycles. The Bertz CT molecular complexity index is 231. The molecule has 5 heteroatoms. The fourth-order valence-corrected chi connectivity index (χ4v) is 1.55. The van der Waals surface area contributed by atoms with Crippen molar-refractivity contribution in [2.45, 2.75) is 32.2 Å². The zero-order valence-corrected chi connectivity index (χ0v) is 9.04. The van der Waals surface area contributed by atoms with Gasteiger partial charge in [-0.25, -0.2) is 0 Å². The van der Waals surface area contributed by atoms with E-state index in [0.29, 0.717) is 19.6 Å². The van der Waals surface area contributed by atoms with Crippen LogP contribution in [0, 0.1) is 0 Å². The number of hydrogen-bond acceptors (Lipinski definition) is 4. The predicted octanol–water partition coefficient (Wildman–Crippen LogP) is -0.192. The van der Waals surface area contributed by atoms with Gasteiger partial charge in [-0.3, -0.25) is 9.59 Å². The van der Waals surface area contributed by atoms with Crippen molar-refractivity contribution in [2.75, 3.05) is 19.7 Å². The number of nitrogens with one attached hydrogen (secondary N) is 2. The molecule has 86 valence electrons. The van der Waals surface area contributed by atoms with Crippen LogP contribution in [-0.4, -0.2) is 37.6 Å². The Morgan fingerprint density at radius 1 is 1.67 bits per heavy atom. The van der Waals surface area contributed by atoms with Gasteiger partial charge in [-0.05, 0) is 19.8 Å². The fraction of sp³-hybridized carbons (Fsp3) is 0.800. The van der Waals surface area contributed by atoms with Gasteiger partial charge in [0, 0.05) is 13.1 Å². The standard InChI is InChI=1S/C10H18N2O3/c1-2-15-9(13)5-7-11-8-4-3-6-12-10(8)14/h8,11H,2-7H2,1H3,(H,12,14). The van der Waals surface area contributed by atoms with Crippen LogP contribution in [-0.2, 0) is 14.3 Å². The Hall–Kier alpha value is -1.10. The van der Waals surface area contributed by atoms with E-state index in [2.05, 4.69) is 10.6 Å². The van der Waals surface area contributed by atoms with Crippen molar-refractivity contribution in [1.29, 1.82) is 0 Å². The molecule has 0 aromatic rings. The highest BCUT2D eigenvalue weighted by Gasteiger charge is 2.20. The maximum Gasteiger partial charge on any atom is 0.307 e. The zero-order valence-electron chi connectivity index (χ0n) is 9.04. The maximum absolute atomic E-state index is 11.3. The van der Waals surface area contributed by atoms with Gasteiger partial charge in [-0.1, -0.05) is 0 Å². The van der Waals surface area contributed by atoms with Gasteiger partial charge in [0.15, 0.2) is 0 Å². The molecule has 1 amide bonds. The van der Waals surface area contributed by atoms with Crippen LogP contribution in [0.3, 0.4) is 0 Å². The van der Waals surface area contributed by atoms with Crippen LogP contribution < -0.4 is 10.6 Å². The summed E-state index contributed by atoms with van der Waals surface area (Å²) < 4.78 is 4.78. The first-order valence-electron chi connectivity index (χ1n) is 5.40. The van der Waals surface area contributed by atoms with Gasteiger partial charge in [-0.15, -0.1) is 0 Å². The Morgan fingerprint density at radius 3 is 3.13 bits per heavy atom. The topological polar surface area (TPSA) is 67.4 Å². The molecule has 2 N–H and O–H groups in total. The minimum Gasteiger partial charge on any atom is -0.466 e. The summed E-state index contributed by atoms with van der Waals surface area (Å²) in [7, 11) is 0. The highest BCUT2D eigenvalue weighted by atomic mass is 16.5. The third kappa shape index (κ3) is 4.29. The minimum absolute atomic E-state index is 0.0325. The van der Waals surface area contributed by atoms with Gasteiger partial charge in [0.1, 0.15) is 0 Å². The van der Waals surface area contributed by atoms with Crippen LogP contribution in [0.1, 0.15) is 26.2 Å². The molecule has 1 fully saturated rings. The van der Waals surface area contributed by atoms with Crippen molar-refractivity contribution in [3.05, 3.63) is 0 Å². The summed E-state index contributed by atoms with van der Waals surface area (Å²) in [6, 6.07) is -0.145. The maximum atomic E-state index is 11.3. The molecule has 1 rings (SSSR count). The van der Waals surface area contributed by atoms with E-state index in [1.165, 1.54) is 0 Å².